The maximum Gasteiger partial charge on any atom is 0.451 e. The van der Waals surface area contributed by atoms with Gasteiger partial charge < -0.3 is 5.32 Å². The van der Waals surface area contributed by atoms with E-state index < -0.39 is 39.8 Å². The Kier molecular flexibility index (Phi) is 9.36. The topological polar surface area (TPSA) is 105 Å². The minimum Gasteiger partial charge on any atom is -0.351 e. The Labute approximate surface area is 223 Å². The van der Waals surface area contributed by atoms with Gasteiger partial charge in [-0.25, -0.2) is 22.8 Å². The number of alkyl halides is 3. The average molecular weight is 564 g/mol. The molecule has 0 radical (unpaired) electrons. The van der Waals surface area contributed by atoms with Crippen LogP contribution >= 0.6 is 0 Å². The molecule has 39 heavy (non-hydrogen) atoms. The minimum atomic E-state index is -4.66. The van der Waals surface area contributed by atoms with Gasteiger partial charge >= 0.3 is 6.18 Å². The maximum atomic E-state index is 13.2. The van der Waals surface area contributed by atoms with E-state index in [1.165, 1.54) is 0 Å². The van der Waals surface area contributed by atoms with E-state index in [2.05, 4.69) is 33.1 Å². The second kappa shape index (κ2) is 12.3. The third-order valence-electron chi connectivity index (χ3n) is 5.89. The molecule has 1 atom stereocenters. The molecule has 1 N–H and O–H groups in total. The first-order valence-electron chi connectivity index (χ1n) is 11.8. The van der Waals surface area contributed by atoms with Crippen LogP contribution in [0.3, 0.4) is 0 Å². The SMILES string of the molecule is C#C.CCc1cc(CNC(=O)[C@@H]2CCCN2S(=O)(=O)c2ccc(F)cc2)cc(-c2cnc(C(F)(F)F)nc2)n1. The summed E-state index contributed by atoms with van der Waals surface area (Å²) in [7, 11) is -4.00. The van der Waals surface area contributed by atoms with Crippen molar-refractivity contribution in [3.63, 3.8) is 0 Å². The van der Waals surface area contributed by atoms with Crippen molar-refractivity contribution in [2.24, 2.45) is 0 Å². The first-order chi connectivity index (χ1) is 18.5. The zero-order valence-electron chi connectivity index (χ0n) is 20.8. The van der Waals surface area contributed by atoms with Gasteiger partial charge in [-0.1, -0.05) is 6.92 Å². The predicted octanol–water partition coefficient (Wildman–Crippen LogP) is 3.98. The molecule has 4 rings (SSSR count). The van der Waals surface area contributed by atoms with Crippen molar-refractivity contribution in [1.29, 1.82) is 0 Å². The lowest BCUT2D eigenvalue weighted by atomic mass is 10.1. The number of rotatable bonds is 7. The van der Waals surface area contributed by atoms with Gasteiger partial charge in [0.05, 0.1) is 10.6 Å². The Hall–Kier alpha value is -3.89. The highest BCUT2D eigenvalue weighted by atomic mass is 32.2. The standard InChI is InChI=1S/C24H23F4N5O3S.C2H2/c1-2-18-10-15(11-20(32-18)16-13-30-23(31-14-16)24(26,27)28)12-29-22(34)21-4-3-9-33(21)37(35,36)19-7-5-17(25)6-8-19;1-2/h5-8,10-11,13-14,21H,2-4,9,12H2,1H3,(H,29,34);1-2H/t21-;/m0./s1. The van der Waals surface area contributed by atoms with Crippen LogP contribution in [-0.4, -0.2) is 46.2 Å². The number of amides is 1. The fraction of sp³-hybridized carbons (Fsp3) is 0.308. The van der Waals surface area contributed by atoms with Gasteiger partial charge in [0.1, 0.15) is 11.9 Å². The zero-order chi connectivity index (χ0) is 28.8. The molecule has 3 aromatic rings. The Morgan fingerprint density at radius 1 is 1.13 bits per heavy atom. The molecule has 1 amide bonds. The van der Waals surface area contributed by atoms with E-state index in [0.717, 1.165) is 41.0 Å². The molecule has 8 nitrogen and oxygen atoms in total. The smallest absolute Gasteiger partial charge is 0.351 e. The largest absolute Gasteiger partial charge is 0.451 e. The van der Waals surface area contributed by atoms with E-state index in [1.807, 2.05) is 6.92 Å². The highest BCUT2D eigenvalue weighted by Crippen LogP contribution is 2.28. The highest BCUT2D eigenvalue weighted by molar-refractivity contribution is 7.89. The van der Waals surface area contributed by atoms with E-state index in [-0.39, 0.29) is 23.5 Å². The summed E-state index contributed by atoms with van der Waals surface area (Å²) in [6.45, 7) is 2.06. The lowest BCUT2D eigenvalue weighted by Gasteiger charge is -2.23. The predicted molar refractivity (Wildman–Crippen MR) is 135 cm³/mol. The lowest BCUT2D eigenvalue weighted by molar-refractivity contribution is -0.145. The maximum absolute atomic E-state index is 13.2. The van der Waals surface area contributed by atoms with Crippen LogP contribution in [-0.2, 0) is 34.0 Å². The normalized spacial score (nSPS) is 15.8. The number of nitrogens with zero attached hydrogens (tertiary/aromatic N) is 4. The van der Waals surface area contributed by atoms with E-state index >= 15 is 0 Å². The van der Waals surface area contributed by atoms with Crippen molar-refractivity contribution >= 4 is 15.9 Å². The summed E-state index contributed by atoms with van der Waals surface area (Å²) in [4.78, 5) is 24.0. The molecule has 0 spiro atoms. The van der Waals surface area contributed by atoms with E-state index in [1.54, 1.807) is 12.1 Å². The number of halogens is 4. The highest BCUT2D eigenvalue weighted by Gasteiger charge is 2.39. The fourth-order valence-corrected chi connectivity index (χ4v) is 5.68. The molecule has 1 fully saturated rings. The Morgan fingerprint density at radius 2 is 1.77 bits per heavy atom. The number of aromatic nitrogens is 3. The number of benzene rings is 1. The molecule has 1 aliphatic heterocycles. The van der Waals surface area contributed by atoms with Gasteiger partial charge in [0.2, 0.25) is 21.8 Å². The second-order valence-electron chi connectivity index (χ2n) is 8.44. The van der Waals surface area contributed by atoms with E-state index in [4.69, 9.17) is 0 Å². The number of pyridine rings is 1. The Balaban J connectivity index is 0.00000205. The van der Waals surface area contributed by atoms with Gasteiger partial charge in [0, 0.05) is 36.7 Å². The first-order valence-corrected chi connectivity index (χ1v) is 13.2. The van der Waals surface area contributed by atoms with Crippen LogP contribution in [0.1, 0.15) is 36.8 Å². The lowest BCUT2D eigenvalue weighted by Crippen LogP contribution is -2.45. The van der Waals surface area contributed by atoms with Gasteiger partial charge in [-0.15, -0.1) is 12.8 Å². The average Bonchev–Trinajstić information content (AvgIpc) is 3.44. The van der Waals surface area contributed by atoms with Crippen molar-refractivity contribution in [2.75, 3.05) is 6.54 Å². The Morgan fingerprint density at radius 3 is 2.36 bits per heavy atom. The quantitative estimate of drug-likeness (QED) is 0.345. The number of aryl methyl sites for hydroxylation is 1. The van der Waals surface area contributed by atoms with Gasteiger partial charge in [-0.05, 0) is 61.2 Å². The fourth-order valence-electron chi connectivity index (χ4n) is 4.03. The summed E-state index contributed by atoms with van der Waals surface area (Å²) in [6, 6.07) is 6.84. The van der Waals surface area contributed by atoms with Crippen LogP contribution < -0.4 is 5.32 Å². The van der Waals surface area contributed by atoms with Crippen LogP contribution in [0.4, 0.5) is 17.6 Å². The van der Waals surface area contributed by atoms with Gasteiger partial charge in [-0.2, -0.15) is 17.5 Å². The number of hydrogen-bond donors (Lipinski definition) is 1. The summed E-state index contributed by atoms with van der Waals surface area (Å²) in [5, 5.41) is 2.75. The van der Waals surface area contributed by atoms with E-state index in [9.17, 15) is 30.8 Å². The molecule has 1 aliphatic rings. The molecule has 0 saturated carbocycles. The van der Waals surface area contributed by atoms with Crippen molar-refractivity contribution < 1.29 is 30.8 Å². The summed E-state index contributed by atoms with van der Waals surface area (Å²) in [6.07, 6.45) is 6.77. The molecule has 0 unspecified atom stereocenters. The number of nitrogens with one attached hydrogen (secondary N) is 1. The minimum absolute atomic E-state index is 0.0454. The van der Waals surface area contributed by atoms with Crippen LogP contribution in [0.2, 0.25) is 0 Å². The number of terminal acetylenes is 1. The van der Waals surface area contributed by atoms with Crippen LogP contribution in [0.25, 0.3) is 11.3 Å². The van der Waals surface area contributed by atoms with Gasteiger partial charge in [-0.3, -0.25) is 9.78 Å². The molecule has 13 heteroatoms. The van der Waals surface area contributed by atoms with E-state index in [0.29, 0.717) is 36.2 Å². The van der Waals surface area contributed by atoms with Crippen LogP contribution in [0, 0.1) is 18.7 Å². The third-order valence-corrected chi connectivity index (χ3v) is 7.82. The van der Waals surface area contributed by atoms with Crippen molar-refractivity contribution in [2.45, 2.75) is 49.8 Å². The molecule has 0 bridgehead atoms. The number of hydrogen-bond acceptors (Lipinski definition) is 6. The molecule has 206 valence electrons. The molecule has 1 saturated heterocycles. The van der Waals surface area contributed by atoms with Crippen LogP contribution in [0.5, 0.6) is 0 Å². The van der Waals surface area contributed by atoms with Crippen molar-refractivity contribution in [3.05, 3.63) is 71.7 Å². The van der Waals surface area contributed by atoms with Crippen molar-refractivity contribution in [3.8, 4) is 24.1 Å². The first kappa shape index (κ1) is 29.7. The number of sulfonamides is 1. The molecule has 2 aromatic heterocycles. The molecule has 0 aliphatic carbocycles. The molecule has 1 aromatic carbocycles. The summed E-state index contributed by atoms with van der Waals surface area (Å²) >= 11 is 0. The monoisotopic (exact) mass is 563 g/mol. The zero-order valence-corrected chi connectivity index (χ0v) is 21.6. The van der Waals surface area contributed by atoms with Crippen LogP contribution in [0.15, 0.2) is 53.7 Å². The second-order valence-corrected chi connectivity index (χ2v) is 10.3. The molecule has 3 heterocycles. The van der Waals surface area contributed by atoms with Crippen molar-refractivity contribution in [1.82, 2.24) is 24.6 Å². The summed E-state index contributed by atoms with van der Waals surface area (Å²) in [5.41, 5.74) is 1.89. The Bertz CT molecular complexity index is 1430. The number of carbonyl (C=O) groups excluding carboxylic acids is 1. The number of carbonyl (C=O) groups is 1. The third kappa shape index (κ3) is 6.96. The molecular formula is C26H25F4N5O3S. The summed E-state index contributed by atoms with van der Waals surface area (Å²) in [5.74, 6) is -2.31. The van der Waals surface area contributed by atoms with Gasteiger partial charge in [0.25, 0.3) is 0 Å². The molecular weight excluding hydrogens is 538 g/mol. The summed E-state index contributed by atoms with van der Waals surface area (Å²) < 4.78 is 78.8. The van der Waals surface area contributed by atoms with Gasteiger partial charge in [0.15, 0.2) is 0 Å².